The van der Waals surface area contributed by atoms with Crippen molar-refractivity contribution in [3.05, 3.63) is 89.5 Å². The van der Waals surface area contributed by atoms with Gasteiger partial charge >= 0.3 is 0 Å². The Balaban J connectivity index is 1.52. The maximum Gasteiger partial charge on any atom is 0.273 e. The van der Waals surface area contributed by atoms with Crippen LogP contribution in [-0.4, -0.2) is 35.3 Å². The van der Waals surface area contributed by atoms with Crippen LogP contribution < -0.4 is 26.2 Å². The fourth-order valence-electron chi connectivity index (χ4n) is 4.14. The second kappa shape index (κ2) is 9.61. The number of amides is 1. The summed E-state index contributed by atoms with van der Waals surface area (Å²) in [7, 11) is 1.34. The number of rotatable bonds is 6. The van der Waals surface area contributed by atoms with E-state index in [1.54, 1.807) is 12.1 Å². The Morgan fingerprint density at radius 3 is 2.69 bits per heavy atom. The number of pyridine rings is 1. The maximum atomic E-state index is 14.1. The Morgan fingerprint density at radius 2 is 1.94 bits per heavy atom. The molecule has 5 rings (SSSR count). The third-order valence-corrected chi connectivity index (χ3v) is 5.89. The zero-order chi connectivity index (χ0) is 25.2. The predicted molar refractivity (Wildman–Crippen MR) is 134 cm³/mol. The number of aromatic amines is 1. The SMILES string of the molecule is COc1ccc(C(=O)N(N)c2cc(-c3[nH]c4c(c3Nc3ccccc3)C(=O)CNC4)ccn2)cc1F. The molecule has 0 aliphatic carbocycles. The number of fused-ring (bicyclic) bond motifs is 1. The first kappa shape index (κ1) is 23.2. The zero-order valence-electron chi connectivity index (χ0n) is 19.3. The summed E-state index contributed by atoms with van der Waals surface area (Å²) in [5, 5.41) is 7.30. The third-order valence-electron chi connectivity index (χ3n) is 5.89. The van der Waals surface area contributed by atoms with Gasteiger partial charge < -0.3 is 20.4 Å². The highest BCUT2D eigenvalue weighted by Gasteiger charge is 2.27. The molecule has 0 saturated carbocycles. The van der Waals surface area contributed by atoms with Gasteiger partial charge in [-0.3, -0.25) is 9.59 Å². The van der Waals surface area contributed by atoms with Gasteiger partial charge in [0, 0.05) is 35.2 Å². The number of methoxy groups -OCH3 is 1. The highest BCUT2D eigenvalue weighted by molar-refractivity contribution is 6.09. The molecule has 0 fully saturated rings. The van der Waals surface area contributed by atoms with Gasteiger partial charge in [0.05, 0.1) is 30.6 Å². The number of nitrogens with two attached hydrogens (primary N) is 1. The van der Waals surface area contributed by atoms with Crippen molar-refractivity contribution in [2.75, 3.05) is 24.0 Å². The number of nitrogens with one attached hydrogen (secondary N) is 3. The molecule has 0 saturated heterocycles. The van der Waals surface area contributed by atoms with Crippen LogP contribution in [0.4, 0.5) is 21.6 Å². The van der Waals surface area contributed by atoms with E-state index in [4.69, 9.17) is 10.6 Å². The van der Waals surface area contributed by atoms with E-state index in [0.29, 0.717) is 29.1 Å². The molecule has 9 nitrogen and oxygen atoms in total. The summed E-state index contributed by atoms with van der Waals surface area (Å²) in [6.45, 7) is 0.742. The van der Waals surface area contributed by atoms with E-state index in [2.05, 4.69) is 20.6 Å². The third kappa shape index (κ3) is 4.30. The molecule has 0 spiro atoms. The number of H-pyrrole nitrogens is 1. The molecule has 0 radical (unpaired) electrons. The number of carbonyl (C=O) groups excluding carboxylic acids is 2. The highest BCUT2D eigenvalue weighted by Crippen LogP contribution is 2.37. The lowest BCUT2D eigenvalue weighted by molar-refractivity contribution is 0.0976. The number of Topliss-reactive ketones (excluding diaryl/α,β-unsaturated/α-hetero) is 1. The first-order chi connectivity index (χ1) is 17.5. The summed E-state index contributed by atoms with van der Waals surface area (Å²) >= 11 is 0. The highest BCUT2D eigenvalue weighted by atomic mass is 19.1. The van der Waals surface area contributed by atoms with Gasteiger partial charge in [-0.1, -0.05) is 18.2 Å². The molecule has 5 N–H and O–H groups in total. The van der Waals surface area contributed by atoms with Crippen molar-refractivity contribution < 1.29 is 18.7 Å². The average Bonchev–Trinajstić information content (AvgIpc) is 3.28. The number of carbonyl (C=O) groups is 2. The lowest BCUT2D eigenvalue weighted by Gasteiger charge is -2.17. The Morgan fingerprint density at radius 1 is 1.14 bits per heavy atom. The maximum absolute atomic E-state index is 14.1. The lowest BCUT2D eigenvalue weighted by atomic mass is 10.0. The van der Waals surface area contributed by atoms with Gasteiger partial charge in [-0.25, -0.2) is 20.2 Å². The minimum atomic E-state index is -0.676. The number of benzene rings is 2. The zero-order valence-corrected chi connectivity index (χ0v) is 19.3. The molecule has 3 heterocycles. The van der Waals surface area contributed by atoms with Crippen LogP contribution in [0.2, 0.25) is 0 Å². The van der Waals surface area contributed by atoms with E-state index in [1.807, 2.05) is 30.3 Å². The molecule has 1 aliphatic rings. The number of para-hydroxylation sites is 1. The van der Waals surface area contributed by atoms with Crippen LogP contribution in [-0.2, 0) is 6.54 Å². The lowest BCUT2D eigenvalue weighted by Crippen LogP contribution is -2.38. The summed E-state index contributed by atoms with van der Waals surface area (Å²) in [5.41, 5.74) is 4.14. The van der Waals surface area contributed by atoms with Gasteiger partial charge in [0.15, 0.2) is 23.2 Å². The van der Waals surface area contributed by atoms with Gasteiger partial charge in [-0.05, 0) is 42.5 Å². The molecule has 1 aliphatic heterocycles. The molecule has 182 valence electrons. The fraction of sp³-hybridized carbons (Fsp3) is 0.115. The fourth-order valence-corrected chi connectivity index (χ4v) is 4.14. The first-order valence-corrected chi connectivity index (χ1v) is 11.2. The van der Waals surface area contributed by atoms with Crippen LogP contribution in [0.5, 0.6) is 5.75 Å². The van der Waals surface area contributed by atoms with Gasteiger partial charge in [0.2, 0.25) is 0 Å². The van der Waals surface area contributed by atoms with Crippen LogP contribution >= 0.6 is 0 Å². The summed E-state index contributed by atoms with van der Waals surface area (Å²) in [5.74, 6) is 4.91. The number of ether oxygens (including phenoxy) is 1. The Hall–Kier alpha value is -4.54. The van der Waals surface area contributed by atoms with Crippen LogP contribution in [0, 0.1) is 5.82 Å². The molecule has 36 heavy (non-hydrogen) atoms. The van der Waals surface area contributed by atoms with Gasteiger partial charge in [0.25, 0.3) is 5.91 Å². The number of hydrazine groups is 1. The largest absolute Gasteiger partial charge is 0.494 e. The van der Waals surface area contributed by atoms with Gasteiger partial charge in [-0.2, -0.15) is 0 Å². The minimum Gasteiger partial charge on any atom is -0.494 e. The van der Waals surface area contributed by atoms with Crippen LogP contribution in [0.1, 0.15) is 26.4 Å². The monoisotopic (exact) mass is 486 g/mol. The quantitative estimate of drug-likeness (QED) is 0.186. The number of nitrogens with zero attached hydrogens (tertiary/aromatic N) is 2. The van der Waals surface area contributed by atoms with Crippen LogP contribution in [0.15, 0.2) is 66.9 Å². The van der Waals surface area contributed by atoms with Crippen molar-refractivity contribution in [2.45, 2.75) is 6.54 Å². The van der Waals surface area contributed by atoms with E-state index in [1.165, 1.54) is 25.4 Å². The molecular weight excluding hydrogens is 463 g/mol. The Kier molecular flexibility index (Phi) is 6.19. The number of aromatic nitrogens is 2. The smallest absolute Gasteiger partial charge is 0.273 e. The Bertz CT molecular complexity index is 1450. The van der Waals surface area contributed by atoms with Crippen molar-refractivity contribution in [3.8, 4) is 17.0 Å². The summed E-state index contributed by atoms with van der Waals surface area (Å²) in [6.07, 6.45) is 1.51. The van der Waals surface area contributed by atoms with Crippen molar-refractivity contribution in [1.29, 1.82) is 0 Å². The predicted octanol–water partition coefficient (Wildman–Crippen LogP) is 3.77. The topological polar surface area (TPSA) is 125 Å². The standard InChI is InChI=1S/C26H23FN6O3/c1-36-21-8-7-16(11-18(21)27)26(35)33(28)22-12-15(9-10-30-22)24-25(31-17-5-3-2-4-6-17)23-19(32-24)13-29-14-20(23)34/h2-12,29,31-32H,13-14,28H2,1H3. The molecule has 10 heteroatoms. The Labute approximate surface area is 206 Å². The molecule has 1 amide bonds. The molecule has 4 aromatic rings. The van der Waals surface area contributed by atoms with E-state index in [9.17, 15) is 14.0 Å². The molecule has 0 bridgehead atoms. The van der Waals surface area contributed by atoms with Crippen LogP contribution in [0.3, 0.4) is 0 Å². The van der Waals surface area contributed by atoms with E-state index >= 15 is 0 Å². The number of anilines is 3. The van der Waals surface area contributed by atoms with Crippen LogP contribution in [0.25, 0.3) is 11.3 Å². The normalized spacial score (nSPS) is 12.7. The van der Waals surface area contributed by atoms with Gasteiger partial charge in [0.1, 0.15) is 0 Å². The number of hydrogen-bond donors (Lipinski definition) is 4. The van der Waals surface area contributed by atoms with Crippen molar-refractivity contribution in [2.24, 2.45) is 5.84 Å². The number of ketones is 1. The molecule has 0 unspecified atom stereocenters. The van der Waals surface area contributed by atoms with E-state index < -0.39 is 11.7 Å². The van der Waals surface area contributed by atoms with Crippen molar-refractivity contribution in [1.82, 2.24) is 15.3 Å². The van der Waals surface area contributed by atoms with Gasteiger partial charge in [-0.15, -0.1) is 0 Å². The second-order valence-electron chi connectivity index (χ2n) is 8.17. The number of halogens is 1. The molecule has 2 aromatic carbocycles. The van der Waals surface area contributed by atoms with E-state index in [0.717, 1.165) is 22.5 Å². The average molecular weight is 487 g/mol. The molecule has 0 atom stereocenters. The molecule has 2 aromatic heterocycles. The summed E-state index contributed by atoms with van der Waals surface area (Å²) in [4.78, 5) is 33.3. The summed E-state index contributed by atoms with van der Waals surface area (Å²) < 4.78 is 19.0. The van der Waals surface area contributed by atoms with E-state index in [-0.39, 0.29) is 29.5 Å². The number of hydrogen-bond acceptors (Lipinski definition) is 7. The molecular formula is C26H23FN6O3. The summed E-state index contributed by atoms with van der Waals surface area (Å²) in [6, 6.07) is 16.7. The van der Waals surface area contributed by atoms with Crippen molar-refractivity contribution in [3.63, 3.8) is 0 Å². The minimum absolute atomic E-state index is 0.0217. The second-order valence-corrected chi connectivity index (χ2v) is 8.17. The first-order valence-electron chi connectivity index (χ1n) is 11.2. The van der Waals surface area contributed by atoms with Crippen molar-refractivity contribution >= 4 is 28.9 Å².